The predicted octanol–water partition coefficient (Wildman–Crippen LogP) is 1.38. The van der Waals surface area contributed by atoms with Gasteiger partial charge in [0, 0.05) is 6.07 Å². The lowest BCUT2D eigenvalue weighted by atomic mass is 10.4. The normalized spacial score (nSPS) is 9.54. The zero-order valence-corrected chi connectivity index (χ0v) is 7.85. The molecule has 0 bridgehead atoms. The fraction of sp³-hybridized carbons (Fsp3) is 0.222. The van der Waals surface area contributed by atoms with Crippen molar-refractivity contribution in [3.63, 3.8) is 0 Å². The van der Waals surface area contributed by atoms with Crippen molar-refractivity contribution in [2.75, 3.05) is 5.75 Å². The molecule has 4 heteroatoms. The van der Waals surface area contributed by atoms with Crippen molar-refractivity contribution in [2.24, 2.45) is 0 Å². The lowest BCUT2D eigenvalue weighted by Gasteiger charge is -1.99. The number of rotatable bonds is 2. The monoisotopic (exact) mass is 196 g/mol. The van der Waals surface area contributed by atoms with E-state index in [0.717, 1.165) is 11.8 Å². The number of terminal acetylenes is 1. The van der Waals surface area contributed by atoms with Gasteiger partial charge in [-0.3, -0.25) is 0 Å². The highest BCUT2D eigenvalue weighted by atomic mass is 32.2. The van der Waals surface area contributed by atoms with E-state index in [1.807, 2.05) is 0 Å². The smallest absolute Gasteiger partial charge is 0.353 e. The van der Waals surface area contributed by atoms with Crippen LogP contribution in [0, 0.1) is 19.3 Å². The zero-order chi connectivity index (χ0) is 9.84. The maximum absolute atomic E-state index is 11.2. The van der Waals surface area contributed by atoms with Gasteiger partial charge in [-0.2, -0.15) is 0 Å². The molecule has 0 fully saturated rings. The SMILES string of the molecule is C#CCSc1c(O)cc(C)oc1=O. The Bertz CT molecular complexity index is 400. The van der Waals surface area contributed by atoms with Gasteiger partial charge < -0.3 is 9.52 Å². The van der Waals surface area contributed by atoms with E-state index >= 15 is 0 Å². The van der Waals surface area contributed by atoms with Crippen LogP contribution in [0.25, 0.3) is 0 Å². The zero-order valence-electron chi connectivity index (χ0n) is 7.03. The molecule has 0 unspecified atom stereocenters. The number of hydrogen-bond donors (Lipinski definition) is 1. The Morgan fingerprint density at radius 1 is 1.77 bits per heavy atom. The van der Waals surface area contributed by atoms with E-state index in [4.69, 9.17) is 10.8 Å². The van der Waals surface area contributed by atoms with Gasteiger partial charge >= 0.3 is 5.63 Å². The molecule has 0 atom stereocenters. The van der Waals surface area contributed by atoms with Gasteiger partial charge in [0.2, 0.25) is 0 Å². The summed E-state index contributed by atoms with van der Waals surface area (Å²) in [5, 5.41) is 9.35. The van der Waals surface area contributed by atoms with Crippen molar-refractivity contribution in [1.29, 1.82) is 0 Å². The molecular weight excluding hydrogens is 188 g/mol. The van der Waals surface area contributed by atoms with Gasteiger partial charge in [-0.1, -0.05) is 5.92 Å². The molecule has 1 rings (SSSR count). The minimum atomic E-state index is -0.544. The first-order valence-electron chi connectivity index (χ1n) is 3.55. The van der Waals surface area contributed by atoms with Crippen molar-refractivity contribution in [3.05, 3.63) is 22.2 Å². The highest BCUT2D eigenvalue weighted by molar-refractivity contribution is 7.99. The van der Waals surface area contributed by atoms with Crippen LogP contribution in [0.3, 0.4) is 0 Å². The van der Waals surface area contributed by atoms with Crippen LogP contribution in [0.1, 0.15) is 5.76 Å². The first kappa shape index (κ1) is 9.75. The van der Waals surface area contributed by atoms with Crippen molar-refractivity contribution in [2.45, 2.75) is 11.8 Å². The average molecular weight is 196 g/mol. The topological polar surface area (TPSA) is 50.4 Å². The summed E-state index contributed by atoms with van der Waals surface area (Å²) >= 11 is 1.09. The number of aryl methyl sites for hydroxylation is 1. The van der Waals surface area contributed by atoms with E-state index in [1.165, 1.54) is 6.07 Å². The van der Waals surface area contributed by atoms with Crippen LogP contribution >= 0.6 is 11.8 Å². The molecule has 0 radical (unpaired) electrons. The molecule has 0 saturated carbocycles. The van der Waals surface area contributed by atoms with E-state index in [2.05, 4.69) is 5.92 Å². The van der Waals surface area contributed by atoms with Crippen molar-refractivity contribution in [3.8, 4) is 18.1 Å². The largest absolute Gasteiger partial charge is 0.506 e. The van der Waals surface area contributed by atoms with Gasteiger partial charge in [0.1, 0.15) is 16.4 Å². The van der Waals surface area contributed by atoms with Crippen LogP contribution in [0.4, 0.5) is 0 Å². The molecule has 0 aliphatic rings. The molecule has 0 aliphatic heterocycles. The molecule has 1 aromatic heterocycles. The molecule has 68 valence electrons. The lowest BCUT2D eigenvalue weighted by Crippen LogP contribution is -2.02. The van der Waals surface area contributed by atoms with E-state index in [1.54, 1.807) is 6.92 Å². The summed E-state index contributed by atoms with van der Waals surface area (Å²) in [5.41, 5.74) is -0.544. The van der Waals surface area contributed by atoms with Crippen molar-refractivity contribution >= 4 is 11.8 Å². The Labute approximate surface area is 79.8 Å². The summed E-state index contributed by atoms with van der Waals surface area (Å²) in [5.74, 6) is 3.00. The van der Waals surface area contributed by atoms with Crippen LogP contribution in [0.15, 0.2) is 20.2 Å². The van der Waals surface area contributed by atoms with Crippen LogP contribution in [0.5, 0.6) is 5.75 Å². The predicted molar refractivity (Wildman–Crippen MR) is 50.9 cm³/mol. The van der Waals surface area contributed by atoms with Gasteiger partial charge in [-0.25, -0.2) is 4.79 Å². The Hall–Kier alpha value is -1.34. The second kappa shape index (κ2) is 4.06. The molecule has 0 amide bonds. The first-order chi connectivity index (χ1) is 6.15. The molecule has 1 heterocycles. The minimum Gasteiger partial charge on any atom is -0.506 e. The first-order valence-corrected chi connectivity index (χ1v) is 4.53. The van der Waals surface area contributed by atoms with Crippen LogP contribution in [0.2, 0.25) is 0 Å². The molecule has 13 heavy (non-hydrogen) atoms. The highest BCUT2D eigenvalue weighted by Gasteiger charge is 2.08. The second-order valence-electron chi connectivity index (χ2n) is 2.35. The maximum Gasteiger partial charge on any atom is 0.353 e. The molecule has 0 aromatic carbocycles. The van der Waals surface area contributed by atoms with E-state index in [9.17, 15) is 9.90 Å². The summed E-state index contributed by atoms with van der Waals surface area (Å²) in [4.78, 5) is 11.3. The standard InChI is InChI=1S/C9H8O3S/c1-3-4-13-8-7(10)5-6(2)12-9(8)11/h1,5,10H,4H2,2H3. The molecule has 3 nitrogen and oxygen atoms in total. The van der Waals surface area contributed by atoms with Crippen molar-refractivity contribution in [1.82, 2.24) is 0 Å². The molecular formula is C9H8O3S. The molecule has 1 aromatic rings. The highest BCUT2D eigenvalue weighted by Crippen LogP contribution is 2.24. The third-order valence-electron chi connectivity index (χ3n) is 1.31. The molecule has 0 aliphatic carbocycles. The quantitative estimate of drug-likeness (QED) is 0.573. The third kappa shape index (κ3) is 2.30. The minimum absolute atomic E-state index is 0.0750. The average Bonchev–Trinajstić information content (AvgIpc) is 2.02. The summed E-state index contributed by atoms with van der Waals surface area (Å²) in [6.45, 7) is 1.59. The Morgan fingerprint density at radius 3 is 3.00 bits per heavy atom. The van der Waals surface area contributed by atoms with Gasteiger partial charge in [0.05, 0.1) is 5.75 Å². The maximum atomic E-state index is 11.2. The second-order valence-corrected chi connectivity index (χ2v) is 3.34. The lowest BCUT2D eigenvalue weighted by molar-refractivity contribution is 0.412. The Kier molecular flexibility index (Phi) is 3.04. The Balaban J connectivity index is 3.08. The van der Waals surface area contributed by atoms with Crippen LogP contribution in [-0.2, 0) is 0 Å². The number of hydrogen-bond acceptors (Lipinski definition) is 4. The summed E-state index contributed by atoms with van der Waals surface area (Å²) in [6, 6.07) is 1.39. The van der Waals surface area contributed by atoms with Crippen LogP contribution < -0.4 is 5.63 Å². The summed E-state index contributed by atoms with van der Waals surface area (Å²) in [7, 11) is 0. The van der Waals surface area contributed by atoms with E-state index in [0.29, 0.717) is 11.5 Å². The number of aromatic hydroxyl groups is 1. The fourth-order valence-electron chi connectivity index (χ4n) is 0.831. The number of thioether (sulfide) groups is 1. The van der Waals surface area contributed by atoms with Gasteiger partial charge in [-0.15, -0.1) is 18.2 Å². The van der Waals surface area contributed by atoms with Gasteiger partial charge in [-0.05, 0) is 6.92 Å². The molecule has 0 saturated heterocycles. The van der Waals surface area contributed by atoms with Crippen LogP contribution in [-0.4, -0.2) is 10.9 Å². The van der Waals surface area contributed by atoms with E-state index < -0.39 is 5.63 Å². The summed E-state index contributed by atoms with van der Waals surface area (Å²) in [6.07, 6.45) is 5.02. The fourth-order valence-corrected chi connectivity index (χ4v) is 1.43. The third-order valence-corrected chi connectivity index (χ3v) is 2.29. The van der Waals surface area contributed by atoms with Crippen molar-refractivity contribution < 1.29 is 9.52 Å². The van der Waals surface area contributed by atoms with Gasteiger partial charge in [0.25, 0.3) is 0 Å². The van der Waals surface area contributed by atoms with E-state index in [-0.39, 0.29) is 10.6 Å². The Morgan fingerprint density at radius 2 is 2.46 bits per heavy atom. The summed E-state index contributed by atoms with van der Waals surface area (Å²) < 4.78 is 4.78. The molecule has 0 spiro atoms. The molecule has 1 N–H and O–H groups in total. The van der Waals surface area contributed by atoms with Gasteiger partial charge in [0.15, 0.2) is 0 Å².